The highest BCUT2D eigenvalue weighted by atomic mass is 19.1. The molecule has 1 atom stereocenters. The quantitative estimate of drug-likeness (QED) is 0.212. The van der Waals surface area contributed by atoms with E-state index in [1.165, 1.54) is 12.1 Å². The average Bonchev–Trinajstić information content (AvgIpc) is 2.91. The molecule has 6 nitrogen and oxygen atoms in total. The molecule has 0 unspecified atom stereocenters. The fourth-order valence-electron chi connectivity index (χ4n) is 4.89. The lowest BCUT2D eigenvalue weighted by Gasteiger charge is -2.41. The number of nitrogens with one attached hydrogen (secondary N) is 1. The highest BCUT2D eigenvalue weighted by molar-refractivity contribution is 6.10. The van der Waals surface area contributed by atoms with Crippen LogP contribution in [0.5, 0.6) is 5.75 Å². The third-order valence-corrected chi connectivity index (χ3v) is 7.10. The summed E-state index contributed by atoms with van der Waals surface area (Å²) in [6, 6.07) is 14.8. The molecule has 2 aromatic carbocycles. The number of ether oxygens (including phenoxy) is 1. The first-order chi connectivity index (χ1) is 18.2. The van der Waals surface area contributed by atoms with Crippen LogP contribution < -0.4 is 9.64 Å². The van der Waals surface area contributed by atoms with Gasteiger partial charge in [0, 0.05) is 31.4 Å². The normalized spacial score (nSPS) is 15.0. The van der Waals surface area contributed by atoms with Gasteiger partial charge in [-0.2, -0.15) is 0 Å². The fraction of sp³-hybridized carbons (Fsp3) is 0.533. The molecule has 3 rings (SSSR count). The Morgan fingerprint density at radius 3 is 2.24 bits per heavy atom. The Bertz CT molecular complexity index is 1020. The van der Waals surface area contributed by atoms with Gasteiger partial charge in [0.05, 0.1) is 0 Å². The van der Waals surface area contributed by atoms with E-state index in [2.05, 4.69) is 35.5 Å². The molecule has 1 amide bonds. The lowest BCUT2D eigenvalue weighted by molar-refractivity contribution is -0.135. The molecule has 2 aromatic rings. The Kier molecular flexibility index (Phi) is 11.0. The van der Waals surface area contributed by atoms with E-state index in [0.717, 1.165) is 42.8 Å². The van der Waals surface area contributed by atoms with Gasteiger partial charge in [0.25, 0.3) is 0 Å². The number of benzene rings is 2. The van der Waals surface area contributed by atoms with Crippen LogP contribution in [-0.2, 0) is 16.1 Å². The maximum Gasteiger partial charge on any atom is 0.375 e. The zero-order valence-electron chi connectivity index (χ0n) is 23.2. The number of anilines is 1. The topological polar surface area (TPSA) is 65.9 Å². The Morgan fingerprint density at radius 2 is 1.68 bits per heavy atom. The molecule has 0 saturated carbocycles. The van der Waals surface area contributed by atoms with Crippen LogP contribution in [-0.4, -0.2) is 50.4 Å². The summed E-state index contributed by atoms with van der Waals surface area (Å²) >= 11 is 0. The van der Waals surface area contributed by atoms with Gasteiger partial charge in [0.2, 0.25) is 5.91 Å². The summed E-state index contributed by atoms with van der Waals surface area (Å²) in [6.45, 7) is 11.1. The molecule has 1 heterocycles. The van der Waals surface area contributed by atoms with Crippen molar-refractivity contribution in [1.29, 1.82) is 5.41 Å². The third-order valence-electron chi connectivity index (χ3n) is 7.10. The fourth-order valence-corrected chi connectivity index (χ4v) is 4.89. The van der Waals surface area contributed by atoms with Gasteiger partial charge in [-0.05, 0) is 79.5 Å². The van der Waals surface area contributed by atoms with Crippen molar-refractivity contribution in [2.45, 2.75) is 66.0 Å². The van der Waals surface area contributed by atoms with Crippen LogP contribution in [0, 0.1) is 29.0 Å². The van der Waals surface area contributed by atoms with Crippen LogP contribution in [0.15, 0.2) is 48.5 Å². The van der Waals surface area contributed by atoms with Gasteiger partial charge in [0.1, 0.15) is 24.1 Å². The van der Waals surface area contributed by atoms with Gasteiger partial charge in [0.15, 0.2) is 5.90 Å². The van der Waals surface area contributed by atoms with Crippen LogP contribution in [0.4, 0.5) is 10.1 Å². The van der Waals surface area contributed by atoms with Crippen molar-refractivity contribution in [3.63, 3.8) is 0 Å². The van der Waals surface area contributed by atoms with Crippen molar-refractivity contribution < 1.29 is 18.6 Å². The number of carbonyl (C=O) groups is 1. The first-order valence-electron chi connectivity index (χ1n) is 13.7. The molecule has 38 heavy (non-hydrogen) atoms. The number of amides is 1. The number of likely N-dealkylation sites (tertiary alicyclic amines) is 1. The van der Waals surface area contributed by atoms with Gasteiger partial charge in [-0.25, -0.2) is 4.39 Å². The van der Waals surface area contributed by atoms with E-state index in [4.69, 9.17) is 18.2 Å². The van der Waals surface area contributed by atoms with Crippen LogP contribution >= 0.6 is 0 Å². The van der Waals surface area contributed by atoms with Gasteiger partial charge in [-0.1, -0.05) is 39.8 Å². The molecule has 1 fully saturated rings. The Morgan fingerprint density at radius 1 is 1.05 bits per heavy atom. The Balaban J connectivity index is 1.64. The maximum atomic E-state index is 13.2. The molecule has 2 radical (unpaired) electrons. The van der Waals surface area contributed by atoms with E-state index >= 15 is 0 Å². The van der Waals surface area contributed by atoms with Gasteiger partial charge < -0.3 is 19.2 Å². The number of hydrogen-bond acceptors (Lipinski definition) is 5. The summed E-state index contributed by atoms with van der Waals surface area (Å²) in [4.78, 5) is 17.5. The maximum absolute atomic E-state index is 13.2. The zero-order chi connectivity index (χ0) is 27.7. The predicted octanol–water partition coefficient (Wildman–Crippen LogP) is 5.99. The summed E-state index contributed by atoms with van der Waals surface area (Å²) in [6.07, 6.45) is 3.34. The number of piperidine rings is 1. The molecule has 0 spiro atoms. The van der Waals surface area contributed by atoms with Crippen molar-refractivity contribution in [2.24, 2.45) is 17.8 Å². The monoisotopic (exact) mass is 521 g/mol. The van der Waals surface area contributed by atoms with E-state index in [-0.39, 0.29) is 23.5 Å². The van der Waals surface area contributed by atoms with E-state index in [1.807, 2.05) is 30.9 Å². The van der Waals surface area contributed by atoms with E-state index in [9.17, 15) is 9.18 Å². The Labute approximate surface area is 228 Å². The molecule has 0 bridgehead atoms. The molecule has 1 aliphatic rings. The standard InChI is InChI=1S/C30H41BFN3O3/c1-21(2)13-18-35(25-9-11-27(12-10-25)37-20-23-5-7-24(32)8-6-23)26-14-16-34(17-15-26)30(36)28(19-22(3)4)29(33)38-31/h5-12,21-22,26,28,33H,13-20H2,1-4H3/t28-/m1/s1. The van der Waals surface area contributed by atoms with Gasteiger partial charge in [-0.15, -0.1) is 0 Å². The summed E-state index contributed by atoms with van der Waals surface area (Å²) in [5.74, 6) is 0.492. The van der Waals surface area contributed by atoms with Crippen LogP contribution in [0.25, 0.3) is 0 Å². The van der Waals surface area contributed by atoms with Crippen LogP contribution in [0.2, 0.25) is 0 Å². The van der Waals surface area contributed by atoms with Crippen LogP contribution in [0.3, 0.4) is 0 Å². The van der Waals surface area contributed by atoms with E-state index < -0.39 is 5.92 Å². The van der Waals surface area contributed by atoms with E-state index in [0.29, 0.717) is 38.1 Å². The number of nitrogens with zero attached hydrogens (tertiary/aromatic N) is 2. The van der Waals surface area contributed by atoms with E-state index in [1.54, 1.807) is 12.1 Å². The molecule has 1 saturated heterocycles. The minimum Gasteiger partial charge on any atom is -0.558 e. The summed E-state index contributed by atoms with van der Waals surface area (Å²) in [5.41, 5.74) is 2.06. The van der Waals surface area contributed by atoms with Crippen molar-refractivity contribution in [3.05, 3.63) is 59.9 Å². The number of carbonyl (C=O) groups excluding carboxylic acids is 1. The molecular weight excluding hydrogens is 480 g/mol. The minimum absolute atomic E-state index is 0.0658. The lowest BCUT2D eigenvalue weighted by atomic mass is 9.93. The first kappa shape index (κ1) is 29.5. The summed E-state index contributed by atoms with van der Waals surface area (Å²) in [7, 11) is 5.24. The lowest BCUT2D eigenvalue weighted by Crippen LogP contribution is -2.50. The molecule has 1 N–H and O–H groups in total. The zero-order valence-corrected chi connectivity index (χ0v) is 23.2. The summed E-state index contributed by atoms with van der Waals surface area (Å²) in [5, 5.41) is 8.03. The van der Waals surface area contributed by atoms with Crippen molar-refractivity contribution in [1.82, 2.24) is 4.90 Å². The molecule has 204 valence electrons. The SMILES string of the molecule is [B]OC(=N)[C@@H](CC(C)C)C(=O)N1CCC(N(CCC(C)C)c2ccc(OCc3ccc(F)cc3)cc2)CC1. The second kappa shape index (κ2) is 14.2. The van der Waals surface area contributed by atoms with Crippen LogP contribution in [0.1, 0.15) is 58.9 Å². The van der Waals surface area contributed by atoms with Crippen molar-refractivity contribution in [2.75, 3.05) is 24.5 Å². The summed E-state index contributed by atoms with van der Waals surface area (Å²) < 4.78 is 23.7. The molecule has 0 aliphatic carbocycles. The van der Waals surface area contributed by atoms with Gasteiger partial charge >= 0.3 is 8.05 Å². The second-order valence-corrected chi connectivity index (χ2v) is 11.0. The highest BCUT2D eigenvalue weighted by Gasteiger charge is 2.33. The average molecular weight is 521 g/mol. The predicted molar refractivity (Wildman–Crippen MR) is 151 cm³/mol. The van der Waals surface area contributed by atoms with Crippen molar-refractivity contribution in [3.8, 4) is 5.75 Å². The van der Waals surface area contributed by atoms with Gasteiger partial charge in [-0.3, -0.25) is 10.2 Å². The number of rotatable bonds is 12. The smallest absolute Gasteiger partial charge is 0.375 e. The molecule has 0 aromatic heterocycles. The highest BCUT2D eigenvalue weighted by Crippen LogP contribution is 2.28. The molecule has 8 heteroatoms. The minimum atomic E-state index is -0.629. The first-order valence-corrected chi connectivity index (χ1v) is 13.7. The number of hydrogen-bond donors (Lipinski definition) is 1. The second-order valence-electron chi connectivity index (χ2n) is 11.0. The third kappa shape index (κ3) is 8.50. The molecule has 1 aliphatic heterocycles. The number of halogens is 1. The molecular formula is C30H41BFN3O3. The largest absolute Gasteiger partial charge is 0.558 e. The van der Waals surface area contributed by atoms with Crippen molar-refractivity contribution >= 4 is 25.5 Å². The Hall–Kier alpha value is -3.03.